The van der Waals surface area contributed by atoms with Crippen molar-refractivity contribution in [3.05, 3.63) is 70.0 Å². The molecule has 0 aliphatic carbocycles. The number of pyridine rings is 1. The van der Waals surface area contributed by atoms with E-state index in [-0.39, 0.29) is 11.5 Å². The topological polar surface area (TPSA) is 65.2 Å². The maximum absolute atomic E-state index is 12.5. The van der Waals surface area contributed by atoms with Crippen LogP contribution in [0, 0.1) is 0 Å². The molecule has 134 valence electrons. The summed E-state index contributed by atoms with van der Waals surface area (Å²) in [4.78, 5) is 29.2. The van der Waals surface area contributed by atoms with Gasteiger partial charge in [-0.3, -0.25) is 9.59 Å². The minimum absolute atomic E-state index is 0.122. The standard InChI is InChI=1S/C21H23N3O2/c1-4-5-15-12-20(25)23-19-13-16(8-11-18(15)19)22-21(26)14-6-9-17(10-7-14)24(2)3/h6-13H,4-5H2,1-3H3,(H,22,26)(H,23,25). The molecule has 0 saturated heterocycles. The van der Waals surface area contributed by atoms with Gasteiger partial charge in [-0.2, -0.15) is 0 Å². The molecular weight excluding hydrogens is 326 g/mol. The van der Waals surface area contributed by atoms with Crippen molar-refractivity contribution in [1.82, 2.24) is 4.98 Å². The zero-order valence-corrected chi connectivity index (χ0v) is 15.3. The number of carbonyl (C=O) groups excluding carboxylic acids is 1. The third-order valence-electron chi connectivity index (χ3n) is 4.35. The number of hydrogen-bond donors (Lipinski definition) is 2. The van der Waals surface area contributed by atoms with Gasteiger partial charge in [-0.1, -0.05) is 19.4 Å². The Morgan fingerprint density at radius 2 is 1.81 bits per heavy atom. The van der Waals surface area contributed by atoms with Crippen LogP contribution in [0.4, 0.5) is 11.4 Å². The Balaban J connectivity index is 1.86. The van der Waals surface area contributed by atoms with Gasteiger partial charge in [-0.25, -0.2) is 0 Å². The molecule has 0 unspecified atom stereocenters. The first-order valence-corrected chi connectivity index (χ1v) is 8.72. The van der Waals surface area contributed by atoms with Crippen LogP contribution >= 0.6 is 0 Å². The van der Waals surface area contributed by atoms with E-state index in [4.69, 9.17) is 0 Å². The number of aromatic amines is 1. The number of benzene rings is 2. The Hall–Kier alpha value is -3.08. The lowest BCUT2D eigenvalue weighted by atomic mass is 10.0. The smallest absolute Gasteiger partial charge is 0.255 e. The van der Waals surface area contributed by atoms with Gasteiger partial charge in [-0.15, -0.1) is 0 Å². The van der Waals surface area contributed by atoms with Crippen LogP contribution in [0.15, 0.2) is 53.3 Å². The quantitative estimate of drug-likeness (QED) is 0.736. The van der Waals surface area contributed by atoms with Gasteiger partial charge in [-0.05, 0) is 48.4 Å². The predicted octanol–water partition coefficient (Wildman–Crippen LogP) is 3.80. The van der Waals surface area contributed by atoms with Gasteiger partial charge in [0.2, 0.25) is 5.56 Å². The molecule has 2 aromatic carbocycles. The Morgan fingerprint density at radius 3 is 2.46 bits per heavy atom. The molecule has 0 aliphatic rings. The van der Waals surface area contributed by atoms with Crippen molar-refractivity contribution in [2.24, 2.45) is 0 Å². The van der Waals surface area contributed by atoms with Crippen molar-refractivity contribution in [2.75, 3.05) is 24.3 Å². The second kappa shape index (κ2) is 7.44. The number of fused-ring (bicyclic) bond motifs is 1. The molecule has 3 aromatic rings. The summed E-state index contributed by atoms with van der Waals surface area (Å²) in [6.45, 7) is 2.09. The first-order valence-electron chi connectivity index (χ1n) is 8.72. The number of nitrogens with one attached hydrogen (secondary N) is 2. The van der Waals surface area contributed by atoms with Crippen LogP contribution in [-0.2, 0) is 6.42 Å². The van der Waals surface area contributed by atoms with Crippen LogP contribution in [-0.4, -0.2) is 25.0 Å². The van der Waals surface area contributed by atoms with E-state index < -0.39 is 0 Å². The number of nitrogens with zero attached hydrogens (tertiary/aromatic N) is 1. The summed E-state index contributed by atoms with van der Waals surface area (Å²) in [5.74, 6) is -0.179. The third-order valence-corrected chi connectivity index (χ3v) is 4.35. The number of aromatic nitrogens is 1. The fraction of sp³-hybridized carbons (Fsp3) is 0.238. The molecule has 0 radical (unpaired) electrons. The molecule has 0 spiro atoms. The molecule has 0 bridgehead atoms. The van der Waals surface area contributed by atoms with E-state index in [1.807, 2.05) is 49.3 Å². The van der Waals surface area contributed by atoms with Crippen molar-refractivity contribution >= 4 is 28.2 Å². The number of rotatable bonds is 5. The van der Waals surface area contributed by atoms with Gasteiger partial charge in [0.15, 0.2) is 0 Å². The first kappa shape index (κ1) is 17.7. The van der Waals surface area contributed by atoms with Gasteiger partial charge in [0.1, 0.15) is 0 Å². The van der Waals surface area contributed by atoms with Crippen LogP contribution in [0.1, 0.15) is 29.3 Å². The number of carbonyl (C=O) groups is 1. The highest BCUT2D eigenvalue weighted by atomic mass is 16.1. The normalized spacial score (nSPS) is 10.7. The van der Waals surface area contributed by atoms with Crippen LogP contribution in [0.3, 0.4) is 0 Å². The molecule has 5 nitrogen and oxygen atoms in total. The average Bonchev–Trinajstić information content (AvgIpc) is 2.61. The number of hydrogen-bond acceptors (Lipinski definition) is 3. The Kier molecular flexibility index (Phi) is 5.07. The fourth-order valence-corrected chi connectivity index (χ4v) is 3.00. The molecular formula is C21H23N3O2. The highest BCUT2D eigenvalue weighted by molar-refractivity contribution is 6.05. The summed E-state index contributed by atoms with van der Waals surface area (Å²) in [5, 5.41) is 3.91. The lowest BCUT2D eigenvalue weighted by molar-refractivity contribution is 0.102. The third kappa shape index (κ3) is 3.77. The van der Waals surface area contributed by atoms with Gasteiger partial charge in [0.25, 0.3) is 5.91 Å². The molecule has 26 heavy (non-hydrogen) atoms. The number of amides is 1. The first-order chi connectivity index (χ1) is 12.5. The summed E-state index contributed by atoms with van der Waals surface area (Å²) in [7, 11) is 3.91. The zero-order valence-electron chi connectivity index (χ0n) is 15.3. The second-order valence-corrected chi connectivity index (χ2v) is 6.56. The maximum Gasteiger partial charge on any atom is 0.255 e. The molecule has 3 rings (SSSR count). The predicted molar refractivity (Wildman–Crippen MR) is 107 cm³/mol. The largest absolute Gasteiger partial charge is 0.378 e. The minimum Gasteiger partial charge on any atom is -0.378 e. The van der Waals surface area contributed by atoms with Gasteiger partial charge >= 0.3 is 0 Å². The van der Waals surface area contributed by atoms with Gasteiger partial charge in [0.05, 0.1) is 5.52 Å². The summed E-state index contributed by atoms with van der Waals surface area (Å²) in [6, 6.07) is 14.7. The van der Waals surface area contributed by atoms with Gasteiger partial charge in [0, 0.05) is 42.5 Å². The Bertz CT molecular complexity index is 988. The molecule has 0 atom stereocenters. The van der Waals surface area contributed by atoms with E-state index >= 15 is 0 Å². The molecule has 1 aromatic heterocycles. The van der Waals surface area contributed by atoms with E-state index in [1.165, 1.54) is 0 Å². The SMILES string of the molecule is CCCc1cc(=O)[nH]c2cc(NC(=O)c3ccc(N(C)C)cc3)ccc12. The number of aryl methyl sites for hydroxylation is 1. The Labute approximate surface area is 152 Å². The molecule has 1 heterocycles. The molecule has 2 N–H and O–H groups in total. The van der Waals surface area contributed by atoms with Crippen molar-refractivity contribution in [3.63, 3.8) is 0 Å². The lowest BCUT2D eigenvalue weighted by Gasteiger charge is -2.13. The van der Waals surface area contributed by atoms with E-state index in [9.17, 15) is 9.59 Å². The highest BCUT2D eigenvalue weighted by Gasteiger charge is 2.09. The van der Waals surface area contributed by atoms with Crippen LogP contribution in [0.5, 0.6) is 0 Å². The highest BCUT2D eigenvalue weighted by Crippen LogP contribution is 2.21. The number of anilines is 2. The minimum atomic E-state index is -0.179. The maximum atomic E-state index is 12.5. The lowest BCUT2D eigenvalue weighted by Crippen LogP contribution is -2.13. The van der Waals surface area contributed by atoms with E-state index in [2.05, 4.69) is 17.2 Å². The van der Waals surface area contributed by atoms with E-state index in [0.29, 0.717) is 11.3 Å². The van der Waals surface area contributed by atoms with Crippen molar-refractivity contribution in [2.45, 2.75) is 19.8 Å². The molecule has 0 saturated carbocycles. The van der Waals surface area contributed by atoms with E-state index in [1.54, 1.807) is 18.2 Å². The van der Waals surface area contributed by atoms with Crippen molar-refractivity contribution in [3.8, 4) is 0 Å². The van der Waals surface area contributed by atoms with Crippen LogP contribution < -0.4 is 15.8 Å². The monoisotopic (exact) mass is 349 g/mol. The zero-order chi connectivity index (χ0) is 18.7. The van der Waals surface area contributed by atoms with Crippen LogP contribution in [0.25, 0.3) is 10.9 Å². The van der Waals surface area contributed by atoms with Crippen molar-refractivity contribution < 1.29 is 4.79 Å². The van der Waals surface area contributed by atoms with Crippen molar-refractivity contribution in [1.29, 1.82) is 0 Å². The number of H-pyrrole nitrogens is 1. The average molecular weight is 349 g/mol. The molecule has 0 aliphatic heterocycles. The molecule has 0 fully saturated rings. The second-order valence-electron chi connectivity index (χ2n) is 6.56. The summed E-state index contributed by atoms with van der Waals surface area (Å²) >= 11 is 0. The van der Waals surface area contributed by atoms with E-state index in [0.717, 1.165) is 35.0 Å². The summed E-state index contributed by atoms with van der Waals surface area (Å²) in [5.41, 5.74) is 3.93. The molecule has 5 heteroatoms. The fourth-order valence-electron chi connectivity index (χ4n) is 3.00. The molecule has 1 amide bonds. The summed E-state index contributed by atoms with van der Waals surface area (Å²) in [6.07, 6.45) is 1.82. The van der Waals surface area contributed by atoms with Crippen LogP contribution in [0.2, 0.25) is 0 Å². The summed E-state index contributed by atoms with van der Waals surface area (Å²) < 4.78 is 0. The van der Waals surface area contributed by atoms with Gasteiger partial charge < -0.3 is 15.2 Å². The Morgan fingerprint density at radius 1 is 1.08 bits per heavy atom.